The predicted octanol–water partition coefficient (Wildman–Crippen LogP) is 0.846. The number of nitrogens with zero attached hydrogens (tertiary/aromatic N) is 2. The molecular weight excluding hydrogens is 272 g/mol. The third-order valence-electron chi connectivity index (χ3n) is 3.67. The molecule has 1 amide bonds. The van der Waals surface area contributed by atoms with Crippen LogP contribution in [0.2, 0.25) is 0 Å². The summed E-state index contributed by atoms with van der Waals surface area (Å²) < 4.78 is 5.24. The summed E-state index contributed by atoms with van der Waals surface area (Å²) in [6.07, 6.45) is 0. The zero-order chi connectivity index (χ0) is 15.4. The Kier molecular flexibility index (Phi) is 4.80. The van der Waals surface area contributed by atoms with E-state index in [1.165, 1.54) is 0 Å². The Balaban J connectivity index is 2.00. The fourth-order valence-corrected chi connectivity index (χ4v) is 2.44. The van der Waals surface area contributed by atoms with Gasteiger partial charge in [0, 0.05) is 31.7 Å². The van der Waals surface area contributed by atoms with Crippen molar-refractivity contribution in [2.45, 2.75) is 6.92 Å². The van der Waals surface area contributed by atoms with Crippen molar-refractivity contribution in [2.75, 3.05) is 39.8 Å². The van der Waals surface area contributed by atoms with E-state index >= 15 is 0 Å². The fourth-order valence-electron chi connectivity index (χ4n) is 2.44. The Hall–Kier alpha value is -2.08. The number of benzene rings is 1. The molecule has 1 fully saturated rings. The highest BCUT2D eigenvalue weighted by atomic mass is 16.5. The number of piperazine rings is 1. The van der Waals surface area contributed by atoms with Crippen LogP contribution < -0.4 is 4.74 Å². The van der Waals surface area contributed by atoms with Crippen LogP contribution >= 0.6 is 0 Å². The summed E-state index contributed by atoms with van der Waals surface area (Å²) in [5.74, 6) is -0.174. The van der Waals surface area contributed by atoms with E-state index in [0.717, 1.165) is 5.56 Å². The van der Waals surface area contributed by atoms with Gasteiger partial charge in [-0.25, -0.2) is 0 Å². The molecule has 114 valence electrons. The highest BCUT2D eigenvalue weighted by Crippen LogP contribution is 2.20. The zero-order valence-corrected chi connectivity index (χ0v) is 12.3. The van der Waals surface area contributed by atoms with Crippen LogP contribution in [0.1, 0.15) is 15.9 Å². The molecule has 2 rings (SSSR count). The van der Waals surface area contributed by atoms with Crippen LogP contribution in [-0.2, 0) is 4.79 Å². The number of aliphatic carboxylic acids is 1. The lowest BCUT2D eigenvalue weighted by atomic mass is 10.1. The van der Waals surface area contributed by atoms with E-state index in [0.29, 0.717) is 37.5 Å². The van der Waals surface area contributed by atoms with Gasteiger partial charge in [-0.15, -0.1) is 0 Å². The summed E-state index contributed by atoms with van der Waals surface area (Å²) in [6, 6.07) is 5.41. The molecule has 6 nitrogen and oxygen atoms in total. The standard InChI is InChI=1S/C15H20N2O4/c1-11-3-4-12(9-13(11)21-2)15(20)17-7-5-16(6-8-17)10-14(18)19/h3-4,9H,5-8,10H2,1-2H3,(H,18,19). The van der Waals surface area contributed by atoms with Crippen molar-refractivity contribution < 1.29 is 19.4 Å². The number of aryl methyl sites for hydroxylation is 1. The number of methoxy groups -OCH3 is 1. The SMILES string of the molecule is COc1cc(C(=O)N2CCN(CC(=O)O)CC2)ccc1C. The second-order valence-electron chi connectivity index (χ2n) is 5.15. The smallest absolute Gasteiger partial charge is 0.317 e. The summed E-state index contributed by atoms with van der Waals surface area (Å²) in [5, 5.41) is 8.77. The Bertz CT molecular complexity index is 536. The van der Waals surface area contributed by atoms with Crippen molar-refractivity contribution in [3.63, 3.8) is 0 Å². The lowest BCUT2D eigenvalue weighted by Crippen LogP contribution is -2.49. The van der Waals surface area contributed by atoms with Gasteiger partial charge in [0.25, 0.3) is 5.91 Å². The Morgan fingerprint density at radius 2 is 1.90 bits per heavy atom. The van der Waals surface area contributed by atoms with Crippen LogP contribution in [0.5, 0.6) is 5.75 Å². The molecule has 6 heteroatoms. The Morgan fingerprint density at radius 3 is 2.48 bits per heavy atom. The maximum atomic E-state index is 12.4. The molecule has 0 bridgehead atoms. The zero-order valence-electron chi connectivity index (χ0n) is 12.3. The molecule has 0 radical (unpaired) electrons. The summed E-state index contributed by atoms with van der Waals surface area (Å²) in [7, 11) is 1.58. The lowest BCUT2D eigenvalue weighted by molar-refractivity contribution is -0.138. The topological polar surface area (TPSA) is 70.1 Å². The van der Waals surface area contributed by atoms with Crippen molar-refractivity contribution in [2.24, 2.45) is 0 Å². The number of rotatable bonds is 4. The fraction of sp³-hybridized carbons (Fsp3) is 0.467. The van der Waals surface area contributed by atoms with Gasteiger partial charge < -0.3 is 14.7 Å². The number of carbonyl (C=O) groups excluding carboxylic acids is 1. The van der Waals surface area contributed by atoms with E-state index in [9.17, 15) is 9.59 Å². The molecule has 1 aromatic rings. The number of ether oxygens (including phenoxy) is 1. The molecule has 1 aliphatic rings. The maximum absolute atomic E-state index is 12.4. The quantitative estimate of drug-likeness (QED) is 0.891. The summed E-state index contributed by atoms with van der Waals surface area (Å²) in [6.45, 7) is 4.21. The highest BCUT2D eigenvalue weighted by Gasteiger charge is 2.23. The second kappa shape index (κ2) is 6.58. The minimum atomic E-state index is -0.835. The number of carboxylic acid groups (broad SMARTS) is 1. The first-order valence-electron chi connectivity index (χ1n) is 6.89. The monoisotopic (exact) mass is 292 g/mol. The normalized spacial score (nSPS) is 15.8. The van der Waals surface area contributed by atoms with E-state index in [1.54, 1.807) is 24.1 Å². The van der Waals surface area contributed by atoms with E-state index in [4.69, 9.17) is 9.84 Å². The van der Waals surface area contributed by atoms with Crippen LogP contribution in [0.4, 0.5) is 0 Å². The number of amides is 1. The van der Waals surface area contributed by atoms with Gasteiger partial charge in [-0.05, 0) is 24.6 Å². The molecule has 0 spiro atoms. The van der Waals surface area contributed by atoms with Crippen molar-refractivity contribution in [1.29, 1.82) is 0 Å². The summed E-state index contributed by atoms with van der Waals surface area (Å²) >= 11 is 0. The Labute approximate surface area is 123 Å². The predicted molar refractivity (Wildman–Crippen MR) is 77.7 cm³/mol. The van der Waals surface area contributed by atoms with Crippen LogP contribution in [0.15, 0.2) is 18.2 Å². The first-order valence-corrected chi connectivity index (χ1v) is 6.89. The van der Waals surface area contributed by atoms with Gasteiger partial charge in [0.1, 0.15) is 5.75 Å². The number of carboxylic acids is 1. The molecular formula is C15H20N2O4. The molecule has 0 aromatic heterocycles. The van der Waals surface area contributed by atoms with E-state index < -0.39 is 5.97 Å². The van der Waals surface area contributed by atoms with Crippen LogP contribution in [0, 0.1) is 6.92 Å². The number of hydrogen-bond donors (Lipinski definition) is 1. The molecule has 21 heavy (non-hydrogen) atoms. The van der Waals surface area contributed by atoms with Gasteiger partial charge in [0.2, 0.25) is 0 Å². The molecule has 0 saturated carbocycles. The van der Waals surface area contributed by atoms with Crippen molar-refractivity contribution >= 4 is 11.9 Å². The first-order chi connectivity index (χ1) is 10.0. The molecule has 0 unspecified atom stereocenters. The molecule has 1 aliphatic heterocycles. The van der Waals surface area contributed by atoms with Crippen molar-refractivity contribution in [1.82, 2.24) is 9.80 Å². The third kappa shape index (κ3) is 3.72. The van der Waals surface area contributed by atoms with Gasteiger partial charge in [-0.1, -0.05) is 6.07 Å². The molecule has 1 aromatic carbocycles. The molecule has 0 atom stereocenters. The minimum absolute atomic E-state index is 0.0282. The third-order valence-corrected chi connectivity index (χ3v) is 3.67. The maximum Gasteiger partial charge on any atom is 0.317 e. The lowest BCUT2D eigenvalue weighted by Gasteiger charge is -2.33. The minimum Gasteiger partial charge on any atom is -0.496 e. The average Bonchev–Trinajstić information content (AvgIpc) is 2.47. The van der Waals surface area contributed by atoms with E-state index in [-0.39, 0.29) is 12.5 Å². The van der Waals surface area contributed by atoms with E-state index in [2.05, 4.69) is 0 Å². The Morgan fingerprint density at radius 1 is 1.24 bits per heavy atom. The molecule has 0 aliphatic carbocycles. The van der Waals surface area contributed by atoms with Crippen molar-refractivity contribution in [3.8, 4) is 5.75 Å². The van der Waals surface area contributed by atoms with Crippen molar-refractivity contribution in [3.05, 3.63) is 29.3 Å². The highest BCUT2D eigenvalue weighted by molar-refractivity contribution is 5.94. The van der Waals surface area contributed by atoms with Crippen LogP contribution in [0.25, 0.3) is 0 Å². The largest absolute Gasteiger partial charge is 0.496 e. The molecule has 1 heterocycles. The summed E-state index contributed by atoms with van der Waals surface area (Å²) in [4.78, 5) is 26.7. The molecule has 1 saturated heterocycles. The number of carbonyl (C=O) groups is 2. The first kappa shape index (κ1) is 15.3. The number of hydrogen-bond acceptors (Lipinski definition) is 4. The average molecular weight is 292 g/mol. The van der Waals surface area contributed by atoms with Gasteiger partial charge >= 0.3 is 5.97 Å². The van der Waals surface area contributed by atoms with E-state index in [1.807, 2.05) is 17.9 Å². The van der Waals surface area contributed by atoms with Gasteiger partial charge in [0.05, 0.1) is 13.7 Å². The molecule has 1 N–H and O–H groups in total. The second-order valence-corrected chi connectivity index (χ2v) is 5.15. The van der Waals surface area contributed by atoms with Crippen LogP contribution in [0.3, 0.4) is 0 Å². The summed E-state index contributed by atoms with van der Waals surface area (Å²) in [5.41, 5.74) is 1.59. The van der Waals surface area contributed by atoms with Gasteiger partial charge in [-0.2, -0.15) is 0 Å². The van der Waals surface area contributed by atoms with Crippen LogP contribution in [-0.4, -0.2) is 66.6 Å². The van der Waals surface area contributed by atoms with Gasteiger partial charge in [0.15, 0.2) is 0 Å². The van der Waals surface area contributed by atoms with Gasteiger partial charge in [-0.3, -0.25) is 14.5 Å².